The molecule has 2 aromatic rings. The lowest BCUT2D eigenvalue weighted by atomic mass is 10.3. The molecule has 1 unspecified atom stereocenters. The van der Waals surface area contributed by atoms with E-state index < -0.39 is 15.7 Å². The fourth-order valence-corrected chi connectivity index (χ4v) is 2.43. The topological polar surface area (TPSA) is 93.1 Å². The fourth-order valence-electron chi connectivity index (χ4n) is 1.39. The minimum Gasteiger partial charge on any atom is -0.345 e. The molecule has 2 rings (SSSR count). The Morgan fingerprint density at radius 1 is 1.17 bits per heavy atom. The summed E-state index contributed by atoms with van der Waals surface area (Å²) in [6.45, 7) is 0. The van der Waals surface area contributed by atoms with Crippen LogP contribution in [0.3, 0.4) is 0 Å². The summed E-state index contributed by atoms with van der Waals surface area (Å²) in [4.78, 5) is 23.6. The van der Waals surface area contributed by atoms with Crippen LogP contribution in [-0.2, 0) is 10.8 Å². The van der Waals surface area contributed by atoms with Crippen LogP contribution in [0.15, 0.2) is 46.3 Å². The van der Waals surface area contributed by atoms with Gasteiger partial charge < -0.3 is 4.98 Å². The third-order valence-corrected chi connectivity index (χ3v) is 3.61. The van der Waals surface area contributed by atoms with Crippen molar-refractivity contribution >= 4 is 22.8 Å². The Bertz CT molecular complexity index is 618. The molecular formula is C11H8N2O4S. The second kappa shape index (κ2) is 4.92. The van der Waals surface area contributed by atoms with Crippen molar-refractivity contribution < 1.29 is 13.9 Å². The molecule has 1 aromatic carbocycles. The highest BCUT2D eigenvalue weighted by molar-refractivity contribution is 7.85. The molecule has 0 radical (unpaired) electrons. The van der Waals surface area contributed by atoms with E-state index in [0.717, 1.165) is 0 Å². The van der Waals surface area contributed by atoms with Gasteiger partial charge in [0, 0.05) is 17.0 Å². The Balaban J connectivity index is 2.28. The van der Waals surface area contributed by atoms with Crippen LogP contribution in [0.5, 0.6) is 0 Å². The predicted molar refractivity (Wildman–Crippen MR) is 64.0 cm³/mol. The minimum atomic E-state index is -1.49. The first-order valence-electron chi connectivity index (χ1n) is 4.92. The number of aromatic nitrogens is 1. The van der Waals surface area contributed by atoms with Gasteiger partial charge in [-0.3, -0.25) is 14.9 Å². The lowest BCUT2D eigenvalue weighted by molar-refractivity contribution is -0.384. The standard InChI is InChI=1S/C11H8N2O4S/c14-7-8-1-6-11(12-8)18(17)10-4-2-9(3-5-10)13(15)16/h1-7,12H. The van der Waals surface area contributed by atoms with Gasteiger partial charge in [-0.15, -0.1) is 0 Å². The lowest BCUT2D eigenvalue weighted by Crippen LogP contribution is -1.94. The van der Waals surface area contributed by atoms with Crippen molar-refractivity contribution in [1.29, 1.82) is 0 Å². The van der Waals surface area contributed by atoms with E-state index in [0.29, 0.717) is 21.9 Å². The molecule has 0 aliphatic carbocycles. The van der Waals surface area contributed by atoms with E-state index in [1.54, 1.807) is 6.07 Å². The number of H-pyrrole nitrogens is 1. The van der Waals surface area contributed by atoms with Gasteiger partial charge in [-0.25, -0.2) is 4.21 Å². The van der Waals surface area contributed by atoms with Crippen molar-refractivity contribution in [3.05, 3.63) is 52.2 Å². The molecule has 6 nitrogen and oxygen atoms in total. The quantitative estimate of drug-likeness (QED) is 0.518. The summed E-state index contributed by atoms with van der Waals surface area (Å²) in [5, 5.41) is 10.9. The van der Waals surface area contributed by atoms with Crippen LogP contribution in [0, 0.1) is 10.1 Å². The number of rotatable bonds is 4. The highest BCUT2D eigenvalue weighted by atomic mass is 32.2. The average molecular weight is 264 g/mol. The fraction of sp³-hybridized carbons (Fsp3) is 0. The number of nitro benzene ring substituents is 1. The first kappa shape index (κ1) is 12.2. The van der Waals surface area contributed by atoms with Gasteiger partial charge in [0.05, 0.1) is 10.6 Å². The predicted octanol–water partition coefficient (Wildman–Crippen LogP) is 1.90. The largest absolute Gasteiger partial charge is 0.345 e. The third-order valence-electron chi connectivity index (χ3n) is 2.27. The first-order valence-corrected chi connectivity index (χ1v) is 6.07. The average Bonchev–Trinajstić information content (AvgIpc) is 2.86. The van der Waals surface area contributed by atoms with Crippen molar-refractivity contribution in [2.24, 2.45) is 0 Å². The molecule has 1 aromatic heterocycles. The maximum Gasteiger partial charge on any atom is 0.269 e. The molecule has 18 heavy (non-hydrogen) atoms. The summed E-state index contributed by atoms with van der Waals surface area (Å²) in [6.07, 6.45) is 0.622. The van der Waals surface area contributed by atoms with E-state index in [-0.39, 0.29) is 5.69 Å². The maximum atomic E-state index is 12.1. The normalized spacial score (nSPS) is 12.0. The van der Waals surface area contributed by atoms with Gasteiger partial charge in [0.25, 0.3) is 5.69 Å². The van der Waals surface area contributed by atoms with E-state index in [1.165, 1.54) is 30.3 Å². The number of carbonyl (C=O) groups excluding carboxylic acids is 1. The number of nitrogens with zero attached hydrogens (tertiary/aromatic N) is 1. The number of aldehydes is 1. The third kappa shape index (κ3) is 2.35. The SMILES string of the molecule is O=Cc1ccc(S(=O)c2ccc([N+](=O)[O-])cc2)[nH]1. The summed E-state index contributed by atoms with van der Waals surface area (Å²) in [7, 11) is -1.49. The Hall–Kier alpha value is -2.28. The number of non-ortho nitro benzene ring substituents is 1. The molecule has 0 spiro atoms. The molecular weight excluding hydrogens is 256 g/mol. The molecule has 1 heterocycles. The van der Waals surface area contributed by atoms with E-state index in [1.807, 2.05) is 0 Å². The number of nitrogens with one attached hydrogen (secondary N) is 1. The van der Waals surface area contributed by atoms with Crippen LogP contribution < -0.4 is 0 Å². The summed E-state index contributed by atoms with van der Waals surface area (Å²) >= 11 is 0. The number of carbonyl (C=O) groups is 1. The highest BCUT2D eigenvalue weighted by Crippen LogP contribution is 2.19. The molecule has 0 bridgehead atoms. The van der Waals surface area contributed by atoms with Gasteiger partial charge in [0.15, 0.2) is 6.29 Å². The Morgan fingerprint density at radius 3 is 2.33 bits per heavy atom. The van der Waals surface area contributed by atoms with Crippen LogP contribution in [0.1, 0.15) is 10.5 Å². The zero-order chi connectivity index (χ0) is 13.1. The zero-order valence-electron chi connectivity index (χ0n) is 9.03. The van der Waals surface area contributed by atoms with Crippen LogP contribution in [0.4, 0.5) is 5.69 Å². The van der Waals surface area contributed by atoms with Crippen molar-refractivity contribution in [1.82, 2.24) is 4.98 Å². The molecule has 1 atom stereocenters. The van der Waals surface area contributed by atoms with Gasteiger partial charge in [0.1, 0.15) is 15.8 Å². The molecule has 7 heteroatoms. The molecule has 0 saturated heterocycles. The van der Waals surface area contributed by atoms with Crippen molar-refractivity contribution in [3.63, 3.8) is 0 Å². The maximum absolute atomic E-state index is 12.1. The van der Waals surface area contributed by atoms with E-state index in [2.05, 4.69) is 4.98 Å². The van der Waals surface area contributed by atoms with E-state index in [4.69, 9.17) is 0 Å². The van der Waals surface area contributed by atoms with Crippen LogP contribution >= 0.6 is 0 Å². The smallest absolute Gasteiger partial charge is 0.269 e. The number of nitro groups is 1. The zero-order valence-corrected chi connectivity index (χ0v) is 9.85. The second-order valence-electron chi connectivity index (χ2n) is 3.42. The van der Waals surface area contributed by atoms with Gasteiger partial charge in [-0.05, 0) is 24.3 Å². The van der Waals surface area contributed by atoms with E-state index in [9.17, 15) is 19.1 Å². The Morgan fingerprint density at radius 2 is 1.83 bits per heavy atom. The van der Waals surface area contributed by atoms with Crippen molar-refractivity contribution in [3.8, 4) is 0 Å². The first-order chi connectivity index (χ1) is 8.61. The number of hydrogen-bond acceptors (Lipinski definition) is 4. The van der Waals surface area contributed by atoms with Crippen molar-refractivity contribution in [2.75, 3.05) is 0 Å². The number of aromatic amines is 1. The Kier molecular flexibility index (Phi) is 3.33. The highest BCUT2D eigenvalue weighted by Gasteiger charge is 2.11. The minimum absolute atomic E-state index is 0.0594. The van der Waals surface area contributed by atoms with Gasteiger partial charge in [-0.2, -0.15) is 0 Å². The summed E-state index contributed by atoms with van der Waals surface area (Å²) < 4.78 is 12.1. The van der Waals surface area contributed by atoms with E-state index >= 15 is 0 Å². The van der Waals surface area contributed by atoms with Crippen LogP contribution in [0.25, 0.3) is 0 Å². The van der Waals surface area contributed by atoms with Gasteiger partial charge >= 0.3 is 0 Å². The van der Waals surface area contributed by atoms with Gasteiger partial charge in [0.2, 0.25) is 0 Å². The summed E-state index contributed by atoms with van der Waals surface area (Å²) in [5.41, 5.74) is 0.274. The van der Waals surface area contributed by atoms with Crippen molar-refractivity contribution in [2.45, 2.75) is 9.92 Å². The number of benzene rings is 1. The Labute approximate surface area is 104 Å². The second-order valence-corrected chi connectivity index (χ2v) is 4.86. The lowest BCUT2D eigenvalue weighted by Gasteiger charge is -1.99. The van der Waals surface area contributed by atoms with Crippen LogP contribution in [-0.4, -0.2) is 20.4 Å². The van der Waals surface area contributed by atoms with Gasteiger partial charge in [-0.1, -0.05) is 0 Å². The van der Waals surface area contributed by atoms with Crippen LogP contribution in [0.2, 0.25) is 0 Å². The monoisotopic (exact) mass is 264 g/mol. The molecule has 0 fully saturated rings. The molecule has 0 aliphatic rings. The molecule has 1 N–H and O–H groups in total. The molecule has 0 amide bonds. The summed E-state index contributed by atoms with van der Waals surface area (Å²) in [6, 6.07) is 8.49. The summed E-state index contributed by atoms with van der Waals surface area (Å²) in [5.74, 6) is 0. The number of hydrogen-bond donors (Lipinski definition) is 1. The molecule has 0 aliphatic heterocycles. The molecule has 92 valence electrons. The molecule has 0 saturated carbocycles.